The lowest BCUT2D eigenvalue weighted by Gasteiger charge is -2.27. The molecule has 2 heterocycles. The van der Waals surface area contributed by atoms with Crippen molar-refractivity contribution in [1.29, 1.82) is 0 Å². The number of methoxy groups -OCH3 is 1. The van der Waals surface area contributed by atoms with E-state index in [1.54, 1.807) is 7.11 Å². The molecule has 1 aromatic heterocycles. The predicted octanol–water partition coefficient (Wildman–Crippen LogP) is 2.71. The zero-order valence-electron chi connectivity index (χ0n) is 15.3. The van der Waals surface area contributed by atoms with E-state index in [2.05, 4.69) is 23.0 Å². The average molecular weight is 333 g/mol. The lowest BCUT2D eigenvalue weighted by Crippen LogP contribution is -2.35. The largest absolute Gasteiger partial charge is 0.382 e. The van der Waals surface area contributed by atoms with Crippen molar-refractivity contribution in [3.63, 3.8) is 0 Å². The van der Waals surface area contributed by atoms with Crippen molar-refractivity contribution in [1.82, 2.24) is 14.8 Å². The van der Waals surface area contributed by atoms with Gasteiger partial charge in [0.2, 0.25) is 5.91 Å². The van der Waals surface area contributed by atoms with Crippen molar-refractivity contribution in [2.24, 2.45) is 0 Å². The Labute approximate surface area is 146 Å². The van der Waals surface area contributed by atoms with Crippen LogP contribution in [0.3, 0.4) is 0 Å². The van der Waals surface area contributed by atoms with Gasteiger partial charge in [0, 0.05) is 45.4 Å². The molecule has 1 amide bonds. The number of ether oxygens (including phenoxy) is 1. The van der Waals surface area contributed by atoms with Crippen molar-refractivity contribution in [3.05, 3.63) is 30.1 Å². The van der Waals surface area contributed by atoms with Crippen LogP contribution in [0.2, 0.25) is 0 Å². The fourth-order valence-electron chi connectivity index (χ4n) is 3.25. The monoisotopic (exact) mass is 333 g/mol. The summed E-state index contributed by atoms with van der Waals surface area (Å²) < 4.78 is 5.23. The molecule has 2 atom stereocenters. The Kier molecular flexibility index (Phi) is 7.66. The molecule has 24 heavy (non-hydrogen) atoms. The van der Waals surface area contributed by atoms with Crippen molar-refractivity contribution in [3.8, 4) is 0 Å². The summed E-state index contributed by atoms with van der Waals surface area (Å²) in [6, 6.07) is 6.57. The van der Waals surface area contributed by atoms with Crippen LogP contribution in [0.25, 0.3) is 0 Å². The smallest absolute Gasteiger partial charge is 0.222 e. The van der Waals surface area contributed by atoms with Gasteiger partial charge >= 0.3 is 0 Å². The van der Waals surface area contributed by atoms with E-state index in [1.807, 2.05) is 30.2 Å². The van der Waals surface area contributed by atoms with Gasteiger partial charge < -0.3 is 9.64 Å². The highest BCUT2D eigenvalue weighted by Crippen LogP contribution is 2.18. The number of pyridine rings is 1. The van der Waals surface area contributed by atoms with Gasteiger partial charge in [0.25, 0.3) is 0 Å². The maximum absolute atomic E-state index is 12.4. The zero-order chi connectivity index (χ0) is 17.4. The van der Waals surface area contributed by atoms with Crippen molar-refractivity contribution in [2.75, 3.05) is 27.2 Å². The molecule has 1 aromatic rings. The second kappa shape index (κ2) is 9.74. The Bertz CT molecular complexity index is 495. The summed E-state index contributed by atoms with van der Waals surface area (Å²) in [6.07, 6.45) is 6.63. The molecule has 0 aliphatic carbocycles. The van der Waals surface area contributed by atoms with E-state index in [9.17, 15) is 4.79 Å². The molecule has 1 aliphatic heterocycles. The number of likely N-dealkylation sites (tertiary alicyclic amines) is 1. The van der Waals surface area contributed by atoms with Crippen LogP contribution in [0, 0.1) is 0 Å². The molecule has 0 N–H and O–H groups in total. The first kappa shape index (κ1) is 18.9. The fourth-order valence-corrected chi connectivity index (χ4v) is 3.25. The molecule has 0 spiro atoms. The number of rotatable bonds is 7. The Hall–Kier alpha value is -1.46. The minimum atomic E-state index is 0.151. The predicted molar refractivity (Wildman–Crippen MR) is 95.6 cm³/mol. The normalized spacial score (nSPS) is 20.0. The van der Waals surface area contributed by atoms with Gasteiger partial charge in [0.05, 0.1) is 11.8 Å². The van der Waals surface area contributed by atoms with E-state index in [0.717, 1.165) is 51.0 Å². The number of aromatic nitrogens is 1. The van der Waals surface area contributed by atoms with Crippen LogP contribution < -0.4 is 0 Å². The quantitative estimate of drug-likeness (QED) is 0.770. The first-order valence-electron chi connectivity index (χ1n) is 9.01. The molecule has 5 heteroatoms. The lowest BCUT2D eigenvalue weighted by atomic mass is 10.1. The average Bonchev–Trinajstić information content (AvgIpc) is 2.86. The van der Waals surface area contributed by atoms with E-state index >= 15 is 0 Å². The standard InChI is InChI=1S/C19H31N3O2/c1-16(24-3)9-10-19(23)22-13-6-8-18(11-14-22)21(2)15-17-7-4-5-12-20-17/h4-5,7,12,16,18H,6,8-11,13-15H2,1-3H3/t16-,18-/m0/s1. The molecule has 0 unspecified atom stereocenters. The number of hydrogen-bond acceptors (Lipinski definition) is 4. The first-order valence-corrected chi connectivity index (χ1v) is 9.01. The minimum Gasteiger partial charge on any atom is -0.382 e. The minimum absolute atomic E-state index is 0.151. The summed E-state index contributed by atoms with van der Waals surface area (Å²) in [7, 11) is 3.86. The second-order valence-corrected chi connectivity index (χ2v) is 6.79. The first-order chi connectivity index (χ1) is 11.6. The topological polar surface area (TPSA) is 45.7 Å². The second-order valence-electron chi connectivity index (χ2n) is 6.79. The molecule has 0 bridgehead atoms. The highest BCUT2D eigenvalue weighted by Gasteiger charge is 2.23. The third kappa shape index (κ3) is 5.87. The van der Waals surface area contributed by atoms with Gasteiger partial charge in [-0.2, -0.15) is 0 Å². The third-order valence-corrected chi connectivity index (χ3v) is 4.98. The SMILES string of the molecule is CO[C@@H](C)CCC(=O)N1CCC[C@H](N(C)Cc2ccccn2)CC1. The fraction of sp³-hybridized carbons (Fsp3) is 0.684. The van der Waals surface area contributed by atoms with E-state index < -0.39 is 0 Å². The maximum Gasteiger partial charge on any atom is 0.222 e. The van der Waals surface area contributed by atoms with Crippen LogP contribution in [0.1, 0.15) is 44.7 Å². The van der Waals surface area contributed by atoms with Gasteiger partial charge in [-0.05, 0) is 51.8 Å². The summed E-state index contributed by atoms with van der Waals surface area (Å²) in [5.74, 6) is 0.270. The van der Waals surface area contributed by atoms with Crippen LogP contribution in [0.5, 0.6) is 0 Å². The van der Waals surface area contributed by atoms with E-state index in [0.29, 0.717) is 12.5 Å². The number of nitrogens with zero attached hydrogens (tertiary/aromatic N) is 3. The third-order valence-electron chi connectivity index (χ3n) is 4.98. The van der Waals surface area contributed by atoms with Crippen molar-refractivity contribution >= 4 is 5.91 Å². The Balaban J connectivity index is 1.80. The molecule has 1 fully saturated rings. The maximum atomic E-state index is 12.4. The van der Waals surface area contributed by atoms with Gasteiger partial charge in [0.15, 0.2) is 0 Å². The summed E-state index contributed by atoms with van der Waals surface area (Å²) >= 11 is 0. The Morgan fingerprint density at radius 2 is 2.25 bits per heavy atom. The van der Waals surface area contributed by atoms with E-state index in [-0.39, 0.29) is 12.0 Å². The summed E-state index contributed by atoms with van der Waals surface area (Å²) in [5.41, 5.74) is 1.10. The van der Waals surface area contributed by atoms with Gasteiger partial charge in [-0.25, -0.2) is 0 Å². The molecular weight excluding hydrogens is 302 g/mol. The molecular formula is C19H31N3O2. The highest BCUT2D eigenvalue weighted by molar-refractivity contribution is 5.76. The zero-order valence-corrected chi connectivity index (χ0v) is 15.3. The van der Waals surface area contributed by atoms with Crippen LogP contribution in [0.15, 0.2) is 24.4 Å². The van der Waals surface area contributed by atoms with Crippen LogP contribution in [-0.2, 0) is 16.1 Å². The molecule has 2 rings (SSSR count). The van der Waals surface area contributed by atoms with Gasteiger partial charge in [-0.15, -0.1) is 0 Å². The highest BCUT2D eigenvalue weighted by atomic mass is 16.5. The van der Waals surface area contributed by atoms with E-state index in [1.165, 1.54) is 0 Å². The Morgan fingerprint density at radius 3 is 2.96 bits per heavy atom. The van der Waals surface area contributed by atoms with Crippen molar-refractivity contribution < 1.29 is 9.53 Å². The van der Waals surface area contributed by atoms with E-state index in [4.69, 9.17) is 4.74 Å². The van der Waals surface area contributed by atoms with Gasteiger partial charge in [0.1, 0.15) is 0 Å². The summed E-state index contributed by atoms with van der Waals surface area (Å²) in [5, 5.41) is 0. The molecule has 0 aromatic carbocycles. The number of carbonyl (C=O) groups is 1. The molecule has 0 saturated carbocycles. The number of hydrogen-bond donors (Lipinski definition) is 0. The Morgan fingerprint density at radius 1 is 1.42 bits per heavy atom. The molecule has 1 saturated heterocycles. The summed E-state index contributed by atoms with van der Waals surface area (Å²) in [6.45, 7) is 4.62. The van der Waals surface area contributed by atoms with Crippen LogP contribution >= 0.6 is 0 Å². The number of amides is 1. The molecule has 1 aliphatic rings. The lowest BCUT2D eigenvalue weighted by molar-refractivity contribution is -0.131. The molecule has 0 radical (unpaired) electrons. The molecule has 134 valence electrons. The number of carbonyl (C=O) groups excluding carboxylic acids is 1. The van der Waals surface area contributed by atoms with Crippen LogP contribution in [-0.4, -0.2) is 60.1 Å². The van der Waals surface area contributed by atoms with Gasteiger partial charge in [-0.1, -0.05) is 6.07 Å². The van der Waals surface area contributed by atoms with Gasteiger partial charge in [-0.3, -0.25) is 14.7 Å². The molecule has 5 nitrogen and oxygen atoms in total. The summed E-state index contributed by atoms with van der Waals surface area (Å²) in [4.78, 5) is 21.2. The van der Waals surface area contributed by atoms with Crippen molar-refractivity contribution in [2.45, 2.75) is 57.7 Å². The van der Waals surface area contributed by atoms with Crippen LogP contribution in [0.4, 0.5) is 0 Å².